The van der Waals surface area contributed by atoms with Crippen LogP contribution in [0.3, 0.4) is 0 Å². The van der Waals surface area contributed by atoms with Crippen LogP contribution in [0.2, 0.25) is 0 Å². The van der Waals surface area contributed by atoms with Gasteiger partial charge in [-0.3, -0.25) is 4.90 Å². The van der Waals surface area contributed by atoms with Gasteiger partial charge in [-0.2, -0.15) is 0 Å². The van der Waals surface area contributed by atoms with Gasteiger partial charge in [0.15, 0.2) is 0 Å². The molecule has 0 spiro atoms. The molecule has 0 saturated heterocycles. The average molecular weight is 289 g/mol. The van der Waals surface area contributed by atoms with Gasteiger partial charge in [0, 0.05) is 18.7 Å². The van der Waals surface area contributed by atoms with Gasteiger partial charge in [0.1, 0.15) is 5.75 Å². The Morgan fingerprint density at radius 1 is 1.24 bits per heavy atom. The number of rotatable bonds is 4. The summed E-state index contributed by atoms with van der Waals surface area (Å²) in [6.45, 7) is 2.38. The fourth-order valence-corrected chi connectivity index (χ4v) is 3.74. The summed E-state index contributed by atoms with van der Waals surface area (Å²) in [5.74, 6) is 1.82. The molecule has 0 bridgehead atoms. The maximum Gasteiger partial charge on any atom is 0.124 e. The number of likely N-dealkylation sites (N-methyl/N-ethyl adjacent to an activating group) is 1. The molecule has 1 aliphatic heterocycles. The molecule has 116 valence electrons. The fraction of sp³-hybridized carbons (Fsp3) is 0.667. The second kappa shape index (κ2) is 6.80. The van der Waals surface area contributed by atoms with Crippen LogP contribution in [-0.2, 0) is 6.54 Å². The van der Waals surface area contributed by atoms with Crippen molar-refractivity contribution < 1.29 is 9.84 Å². The van der Waals surface area contributed by atoms with Crippen molar-refractivity contribution in [2.45, 2.75) is 51.2 Å². The monoisotopic (exact) mass is 289 g/mol. The third-order valence-electron chi connectivity index (χ3n) is 4.95. The zero-order chi connectivity index (χ0) is 14.7. The highest BCUT2D eigenvalue weighted by atomic mass is 16.5. The molecule has 1 atom stereocenters. The number of hydrogen-bond donors (Lipinski definition) is 1. The third kappa shape index (κ3) is 3.58. The summed E-state index contributed by atoms with van der Waals surface area (Å²) in [4.78, 5) is 2.15. The molecule has 1 aliphatic carbocycles. The Hall–Kier alpha value is -1.06. The Morgan fingerprint density at radius 3 is 2.86 bits per heavy atom. The smallest absolute Gasteiger partial charge is 0.124 e. The summed E-state index contributed by atoms with van der Waals surface area (Å²) in [5, 5.41) is 10.2. The highest BCUT2D eigenvalue weighted by molar-refractivity contribution is 5.42. The van der Waals surface area contributed by atoms with Crippen LogP contribution in [0.25, 0.3) is 0 Å². The summed E-state index contributed by atoms with van der Waals surface area (Å²) in [6, 6.07) is 6.08. The van der Waals surface area contributed by atoms with Crippen molar-refractivity contribution >= 4 is 0 Å². The molecule has 3 heteroatoms. The average Bonchev–Trinajstić information content (AvgIpc) is 2.49. The molecular formula is C18H27NO2. The molecule has 1 N–H and O–H groups in total. The van der Waals surface area contributed by atoms with Crippen LogP contribution in [0, 0.1) is 5.92 Å². The van der Waals surface area contributed by atoms with Crippen LogP contribution < -0.4 is 4.74 Å². The Bertz CT molecular complexity index is 468. The number of hydrogen-bond acceptors (Lipinski definition) is 3. The van der Waals surface area contributed by atoms with E-state index >= 15 is 0 Å². The maximum atomic E-state index is 10.2. The quantitative estimate of drug-likeness (QED) is 0.920. The van der Waals surface area contributed by atoms with Gasteiger partial charge in [0.2, 0.25) is 0 Å². The van der Waals surface area contributed by atoms with Crippen molar-refractivity contribution in [3.8, 4) is 5.75 Å². The second-order valence-corrected chi connectivity index (χ2v) is 6.68. The largest absolute Gasteiger partial charge is 0.493 e. The first-order valence-electron chi connectivity index (χ1n) is 8.35. The molecule has 0 amide bonds. The Balaban J connectivity index is 1.61. The minimum Gasteiger partial charge on any atom is -0.493 e. The summed E-state index contributed by atoms with van der Waals surface area (Å²) in [7, 11) is 2.05. The molecule has 1 fully saturated rings. The van der Waals surface area contributed by atoms with Crippen molar-refractivity contribution in [2.24, 2.45) is 5.92 Å². The van der Waals surface area contributed by atoms with Crippen molar-refractivity contribution in [3.63, 3.8) is 0 Å². The van der Waals surface area contributed by atoms with Gasteiger partial charge in [-0.15, -0.1) is 0 Å². The number of ether oxygens (including phenoxy) is 1. The lowest BCUT2D eigenvalue weighted by Crippen LogP contribution is -2.30. The van der Waals surface area contributed by atoms with E-state index in [9.17, 15) is 5.11 Å². The van der Waals surface area contributed by atoms with Gasteiger partial charge in [0.05, 0.1) is 12.7 Å². The lowest BCUT2D eigenvalue weighted by Gasteiger charge is -2.30. The van der Waals surface area contributed by atoms with Crippen LogP contribution >= 0.6 is 0 Å². The van der Waals surface area contributed by atoms with E-state index < -0.39 is 0 Å². The number of fused-ring (bicyclic) bond motifs is 1. The first kappa shape index (κ1) is 14.9. The first-order chi connectivity index (χ1) is 10.2. The van der Waals surface area contributed by atoms with E-state index in [0.717, 1.165) is 30.4 Å². The first-order valence-corrected chi connectivity index (χ1v) is 8.35. The third-order valence-corrected chi connectivity index (χ3v) is 4.95. The van der Waals surface area contributed by atoms with E-state index in [-0.39, 0.29) is 6.10 Å². The summed E-state index contributed by atoms with van der Waals surface area (Å²) < 4.78 is 6.07. The molecule has 1 saturated carbocycles. The predicted molar refractivity (Wildman–Crippen MR) is 84.4 cm³/mol. The molecule has 0 aromatic heterocycles. The predicted octanol–water partition coefficient (Wildman–Crippen LogP) is 3.51. The SMILES string of the molecule is CN1Cc2c(OCCC3CCCCC3)cccc2[C@@H](O)C1. The highest BCUT2D eigenvalue weighted by Gasteiger charge is 2.24. The summed E-state index contributed by atoms with van der Waals surface area (Å²) in [5.41, 5.74) is 2.21. The van der Waals surface area contributed by atoms with Crippen LogP contribution in [0.4, 0.5) is 0 Å². The van der Waals surface area contributed by atoms with Crippen LogP contribution in [0.5, 0.6) is 5.75 Å². The minimum absolute atomic E-state index is 0.388. The number of β-amino-alcohol motifs (C(OH)–C–C–N with tert-alkyl or cyclic N) is 1. The van der Waals surface area contributed by atoms with E-state index in [1.54, 1.807) is 0 Å². The van der Waals surface area contributed by atoms with E-state index in [0.29, 0.717) is 6.54 Å². The molecule has 0 radical (unpaired) electrons. The molecule has 1 aromatic rings. The van der Waals surface area contributed by atoms with Crippen LogP contribution in [0.15, 0.2) is 18.2 Å². The van der Waals surface area contributed by atoms with Crippen LogP contribution in [-0.4, -0.2) is 30.2 Å². The van der Waals surface area contributed by atoms with Gasteiger partial charge >= 0.3 is 0 Å². The van der Waals surface area contributed by atoms with Gasteiger partial charge in [-0.25, -0.2) is 0 Å². The van der Waals surface area contributed by atoms with Gasteiger partial charge < -0.3 is 9.84 Å². The van der Waals surface area contributed by atoms with Gasteiger partial charge in [-0.1, -0.05) is 44.2 Å². The molecule has 21 heavy (non-hydrogen) atoms. The molecule has 1 aromatic carbocycles. The molecule has 1 heterocycles. The Morgan fingerprint density at radius 2 is 2.05 bits per heavy atom. The van der Waals surface area contributed by atoms with E-state index in [4.69, 9.17) is 4.74 Å². The van der Waals surface area contributed by atoms with E-state index in [2.05, 4.69) is 4.90 Å². The second-order valence-electron chi connectivity index (χ2n) is 6.68. The standard InChI is InChI=1S/C18H27NO2/c1-19-12-16-15(17(20)13-19)8-5-9-18(16)21-11-10-14-6-3-2-4-7-14/h5,8-9,14,17,20H,2-4,6-7,10-13H2,1H3/t17-/m0/s1. The number of benzene rings is 1. The van der Waals surface area contributed by atoms with E-state index in [1.807, 2.05) is 25.2 Å². The maximum absolute atomic E-state index is 10.2. The normalized spacial score (nSPS) is 23.8. The lowest BCUT2D eigenvalue weighted by atomic mass is 9.87. The topological polar surface area (TPSA) is 32.7 Å². The zero-order valence-corrected chi connectivity index (χ0v) is 13.1. The fourth-order valence-electron chi connectivity index (χ4n) is 3.74. The minimum atomic E-state index is -0.388. The van der Waals surface area contributed by atoms with Crippen molar-refractivity contribution in [1.29, 1.82) is 0 Å². The highest BCUT2D eigenvalue weighted by Crippen LogP contribution is 2.33. The molecule has 3 rings (SSSR count). The zero-order valence-electron chi connectivity index (χ0n) is 13.1. The molecule has 0 unspecified atom stereocenters. The van der Waals surface area contributed by atoms with Crippen LogP contribution in [0.1, 0.15) is 55.8 Å². The van der Waals surface area contributed by atoms with Gasteiger partial charge in [-0.05, 0) is 31.0 Å². The number of nitrogens with zero attached hydrogens (tertiary/aromatic N) is 1. The van der Waals surface area contributed by atoms with Gasteiger partial charge in [0.25, 0.3) is 0 Å². The van der Waals surface area contributed by atoms with Crippen molar-refractivity contribution in [3.05, 3.63) is 29.3 Å². The number of aliphatic hydroxyl groups excluding tert-OH is 1. The van der Waals surface area contributed by atoms with Crippen molar-refractivity contribution in [1.82, 2.24) is 4.90 Å². The molecule has 2 aliphatic rings. The summed E-state index contributed by atoms with van der Waals surface area (Å²) >= 11 is 0. The Labute approximate surface area is 127 Å². The molecular weight excluding hydrogens is 262 g/mol. The lowest BCUT2D eigenvalue weighted by molar-refractivity contribution is 0.106. The number of aliphatic hydroxyl groups is 1. The van der Waals surface area contributed by atoms with Crippen molar-refractivity contribution in [2.75, 3.05) is 20.2 Å². The summed E-state index contributed by atoms with van der Waals surface area (Å²) in [6.07, 6.45) is 7.72. The molecule has 3 nitrogen and oxygen atoms in total. The Kier molecular flexibility index (Phi) is 4.81. The van der Waals surface area contributed by atoms with E-state index in [1.165, 1.54) is 44.1 Å².